The number of rotatable bonds is 2. The second kappa shape index (κ2) is 3.16. The lowest BCUT2D eigenvalue weighted by Crippen LogP contribution is -2.61. The normalized spacial score (nSPS) is 34.6. The largest absolute Gasteiger partial charge is 0.407 e. The van der Waals surface area contributed by atoms with Crippen molar-refractivity contribution in [3.63, 3.8) is 0 Å². The molecule has 14 heavy (non-hydrogen) atoms. The zero-order chi connectivity index (χ0) is 10.4. The van der Waals surface area contributed by atoms with Crippen molar-refractivity contribution in [1.29, 1.82) is 0 Å². The molecule has 2 heterocycles. The summed E-state index contributed by atoms with van der Waals surface area (Å²) < 4.78 is 31.6. The molecule has 2 fully saturated rings. The Labute approximate surface area is 84.3 Å². The molecule has 0 aliphatic carbocycles. The minimum Gasteiger partial charge on any atom is -0.250 e. The molecule has 0 amide bonds. The third kappa shape index (κ3) is 1.37. The van der Waals surface area contributed by atoms with E-state index in [2.05, 4.69) is 0 Å². The molecule has 6 heteroatoms. The summed E-state index contributed by atoms with van der Waals surface area (Å²) in [5.41, 5.74) is 0. The summed E-state index contributed by atoms with van der Waals surface area (Å²) in [6, 6.07) is 0. The zero-order valence-electron chi connectivity index (χ0n) is 8.39. The Kier molecular flexibility index (Phi) is 2.34. The van der Waals surface area contributed by atoms with E-state index in [-0.39, 0.29) is 5.92 Å². The van der Waals surface area contributed by atoms with Crippen LogP contribution in [-0.4, -0.2) is 32.3 Å². The Morgan fingerprint density at radius 2 is 2.14 bits per heavy atom. The van der Waals surface area contributed by atoms with E-state index in [0.29, 0.717) is 0 Å². The first kappa shape index (κ1) is 10.4. The van der Waals surface area contributed by atoms with E-state index in [4.69, 9.17) is 8.37 Å². The van der Waals surface area contributed by atoms with E-state index in [1.54, 1.807) is 0 Å². The molecule has 0 N–H and O–H groups in total. The summed E-state index contributed by atoms with van der Waals surface area (Å²) in [5.74, 6) is -0.868. The molecule has 1 spiro atoms. The van der Waals surface area contributed by atoms with Gasteiger partial charge in [-0.3, -0.25) is 4.90 Å². The van der Waals surface area contributed by atoms with E-state index in [1.165, 1.54) is 0 Å². The molecular weight excluding hydrogens is 206 g/mol. The third-order valence-corrected chi connectivity index (χ3v) is 3.72. The van der Waals surface area contributed by atoms with Crippen molar-refractivity contribution in [2.45, 2.75) is 32.6 Å². The van der Waals surface area contributed by atoms with Crippen molar-refractivity contribution in [1.82, 2.24) is 4.90 Å². The van der Waals surface area contributed by atoms with Crippen LogP contribution in [0.5, 0.6) is 0 Å². The van der Waals surface area contributed by atoms with Crippen LogP contribution in [0.3, 0.4) is 0 Å². The summed E-state index contributed by atoms with van der Waals surface area (Å²) in [5, 5.41) is 0. The summed E-state index contributed by atoms with van der Waals surface area (Å²) in [7, 11) is -3.70. The van der Waals surface area contributed by atoms with Gasteiger partial charge in [-0.15, -0.1) is 0 Å². The lowest BCUT2D eigenvalue weighted by molar-refractivity contribution is -0.283. The van der Waals surface area contributed by atoms with Crippen LogP contribution in [0.2, 0.25) is 0 Å². The van der Waals surface area contributed by atoms with Gasteiger partial charge < -0.3 is 0 Å². The molecule has 0 bridgehead atoms. The molecule has 82 valence electrons. The molecule has 1 atom stereocenters. The van der Waals surface area contributed by atoms with Crippen molar-refractivity contribution >= 4 is 10.4 Å². The average molecular weight is 221 g/mol. The fourth-order valence-corrected chi connectivity index (χ4v) is 3.24. The highest BCUT2D eigenvalue weighted by molar-refractivity contribution is 7.82. The molecule has 2 saturated heterocycles. The van der Waals surface area contributed by atoms with Gasteiger partial charge in [0.25, 0.3) is 5.91 Å². The first-order chi connectivity index (χ1) is 6.50. The number of hydrogen-bond acceptors (Lipinski definition) is 5. The van der Waals surface area contributed by atoms with E-state index in [0.717, 1.165) is 25.9 Å². The lowest BCUT2D eigenvalue weighted by atomic mass is 10.1. The first-order valence-corrected chi connectivity index (χ1v) is 6.25. The maximum atomic E-state index is 10.9. The van der Waals surface area contributed by atoms with Crippen molar-refractivity contribution in [2.75, 3.05) is 13.1 Å². The van der Waals surface area contributed by atoms with Gasteiger partial charge in [-0.05, 0) is 12.8 Å². The smallest absolute Gasteiger partial charge is 0.250 e. The minimum atomic E-state index is -3.70. The molecule has 0 aromatic heterocycles. The standard InChI is InChI=1S/C8H15NO4S/c1-3-5-9-6-4-7(2)8(9)12-14(10,11)13-8/h7H,3-6H2,1-2H3. The van der Waals surface area contributed by atoms with E-state index in [1.807, 2.05) is 18.7 Å². The van der Waals surface area contributed by atoms with Gasteiger partial charge in [-0.2, -0.15) is 16.8 Å². The van der Waals surface area contributed by atoms with Crippen LogP contribution in [0, 0.1) is 5.92 Å². The van der Waals surface area contributed by atoms with Crippen LogP contribution in [0.4, 0.5) is 0 Å². The highest BCUT2D eigenvalue weighted by Gasteiger charge is 2.62. The molecular formula is C8H15NO4S. The fourth-order valence-electron chi connectivity index (χ4n) is 2.11. The van der Waals surface area contributed by atoms with Crippen molar-refractivity contribution in [3.8, 4) is 0 Å². The zero-order valence-corrected chi connectivity index (χ0v) is 9.21. The number of likely N-dealkylation sites (tertiary alicyclic amines) is 1. The van der Waals surface area contributed by atoms with Crippen LogP contribution >= 0.6 is 0 Å². The molecule has 1 unspecified atom stereocenters. The lowest BCUT2D eigenvalue weighted by Gasteiger charge is -2.44. The van der Waals surface area contributed by atoms with E-state index < -0.39 is 16.3 Å². The van der Waals surface area contributed by atoms with Gasteiger partial charge in [0.2, 0.25) is 0 Å². The van der Waals surface area contributed by atoms with Gasteiger partial charge in [-0.25, -0.2) is 0 Å². The van der Waals surface area contributed by atoms with Gasteiger partial charge in [0.05, 0.1) is 0 Å². The average Bonchev–Trinajstić information content (AvgIpc) is 2.32. The monoisotopic (exact) mass is 221 g/mol. The minimum absolute atomic E-state index is 0.109. The molecule has 0 saturated carbocycles. The number of hydrogen-bond donors (Lipinski definition) is 0. The van der Waals surface area contributed by atoms with Crippen LogP contribution in [0.25, 0.3) is 0 Å². The van der Waals surface area contributed by atoms with E-state index >= 15 is 0 Å². The van der Waals surface area contributed by atoms with Crippen LogP contribution in [0.15, 0.2) is 0 Å². The quantitative estimate of drug-likeness (QED) is 0.686. The molecule has 5 nitrogen and oxygen atoms in total. The third-order valence-electron chi connectivity index (χ3n) is 2.83. The van der Waals surface area contributed by atoms with Crippen molar-refractivity contribution in [3.05, 3.63) is 0 Å². The van der Waals surface area contributed by atoms with Gasteiger partial charge in [0.15, 0.2) is 0 Å². The van der Waals surface area contributed by atoms with Gasteiger partial charge >= 0.3 is 10.4 Å². The molecule has 0 aromatic carbocycles. The second-order valence-corrected chi connectivity index (χ2v) is 5.03. The topological polar surface area (TPSA) is 55.8 Å². The second-order valence-electron chi connectivity index (χ2n) is 3.88. The van der Waals surface area contributed by atoms with Crippen molar-refractivity contribution < 1.29 is 16.8 Å². The predicted molar refractivity (Wildman–Crippen MR) is 49.5 cm³/mol. The fraction of sp³-hybridized carbons (Fsp3) is 1.00. The summed E-state index contributed by atoms with van der Waals surface area (Å²) in [4.78, 5) is 1.96. The number of nitrogens with zero attached hydrogens (tertiary/aromatic N) is 1. The van der Waals surface area contributed by atoms with Gasteiger partial charge in [-0.1, -0.05) is 13.8 Å². The van der Waals surface area contributed by atoms with E-state index in [9.17, 15) is 8.42 Å². The van der Waals surface area contributed by atoms with Gasteiger partial charge in [0.1, 0.15) is 0 Å². The maximum absolute atomic E-state index is 10.9. The molecule has 2 aliphatic rings. The maximum Gasteiger partial charge on any atom is 0.407 e. The van der Waals surface area contributed by atoms with Crippen LogP contribution < -0.4 is 0 Å². The van der Waals surface area contributed by atoms with Crippen LogP contribution in [0.1, 0.15) is 26.7 Å². The Morgan fingerprint density at radius 3 is 2.64 bits per heavy atom. The molecule has 0 aromatic rings. The molecule has 2 rings (SSSR count). The SMILES string of the molecule is CCCN1CCC(C)C12OS(=O)(=O)O2. The first-order valence-electron chi connectivity index (χ1n) is 4.91. The highest BCUT2D eigenvalue weighted by atomic mass is 32.3. The summed E-state index contributed by atoms with van der Waals surface area (Å²) in [6.07, 6.45) is 1.87. The van der Waals surface area contributed by atoms with Gasteiger partial charge in [0, 0.05) is 19.0 Å². The van der Waals surface area contributed by atoms with Crippen molar-refractivity contribution in [2.24, 2.45) is 5.92 Å². The Hall–Kier alpha value is -0.170. The van der Waals surface area contributed by atoms with Crippen LogP contribution in [-0.2, 0) is 18.8 Å². The summed E-state index contributed by atoms with van der Waals surface area (Å²) >= 11 is 0. The highest BCUT2D eigenvalue weighted by Crippen LogP contribution is 2.46. The Bertz CT molecular complexity index is 312. The molecule has 0 radical (unpaired) electrons. The molecule has 2 aliphatic heterocycles. The summed E-state index contributed by atoms with van der Waals surface area (Å²) in [6.45, 7) is 5.64. The Balaban J connectivity index is 2.15. The predicted octanol–water partition coefficient (Wildman–Crippen LogP) is 0.684. The Morgan fingerprint density at radius 1 is 1.50 bits per heavy atom.